The van der Waals surface area contributed by atoms with Gasteiger partial charge in [0.2, 0.25) is 4.77 Å². The molecule has 0 spiro atoms. The van der Waals surface area contributed by atoms with Gasteiger partial charge in [-0.25, -0.2) is 10.6 Å². The summed E-state index contributed by atoms with van der Waals surface area (Å²) >= 11 is 8.70. The lowest BCUT2D eigenvalue weighted by molar-refractivity contribution is 0.340. The van der Waals surface area contributed by atoms with Crippen molar-refractivity contribution < 1.29 is 4.74 Å². The van der Waals surface area contributed by atoms with Gasteiger partial charge >= 0.3 is 0 Å². The maximum atomic E-state index is 5.46. The van der Waals surface area contributed by atoms with E-state index in [0.29, 0.717) is 17.2 Å². The highest BCUT2D eigenvalue weighted by Gasteiger charge is 2.08. The van der Waals surface area contributed by atoms with E-state index in [4.69, 9.17) is 17.0 Å². The first-order valence-electron chi connectivity index (χ1n) is 7.62. The first kappa shape index (κ1) is 17.4. The molecule has 3 rings (SSSR count). The van der Waals surface area contributed by atoms with Crippen molar-refractivity contribution in [3.63, 3.8) is 0 Å². The number of benzene rings is 2. The fraction of sp³-hybridized carbons (Fsp3) is 0.118. The Balaban J connectivity index is 1.81. The summed E-state index contributed by atoms with van der Waals surface area (Å²) in [6, 6.07) is 15.5. The second kappa shape index (κ2) is 8.09. The van der Waals surface area contributed by atoms with Crippen molar-refractivity contribution in [2.45, 2.75) is 6.92 Å². The Hall–Kier alpha value is -2.45. The molecule has 0 aliphatic carbocycles. The van der Waals surface area contributed by atoms with Crippen LogP contribution in [0, 0.1) is 4.77 Å². The van der Waals surface area contributed by atoms with Crippen molar-refractivity contribution in [2.24, 2.45) is 5.10 Å². The van der Waals surface area contributed by atoms with Crippen LogP contribution in [0.5, 0.6) is 5.75 Å². The lowest BCUT2D eigenvalue weighted by Gasteiger charge is -2.07. The molecule has 3 aromatic rings. The minimum atomic E-state index is 0.426. The highest BCUT2D eigenvalue weighted by Crippen LogP contribution is 2.20. The molecule has 0 aliphatic rings. The number of H-pyrrole nitrogens is 1. The summed E-state index contributed by atoms with van der Waals surface area (Å²) in [7, 11) is 0. The summed E-state index contributed by atoms with van der Waals surface area (Å²) in [4.78, 5) is 0. The Bertz CT molecular complexity index is 933. The molecule has 0 fully saturated rings. The van der Waals surface area contributed by atoms with Gasteiger partial charge < -0.3 is 4.74 Å². The molecule has 0 bridgehead atoms. The van der Waals surface area contributed by atoms with E-state index in [0.717, 1.165) is 21.3 Å². The van der Waals surface area contributed by atoms with Gasteiger partial charge in [-0.3, -0.25) is 0 Å². The quantitative estimate of drug-likeness (QED) is 0.355. The van der Waals surface area contributed by atoms with Gasteiger partial charge in [-0.05, 0) is 61.1 Å². The number of aromatic nitrogens is 3. The molecule has 6 nitrogen and oxygen atoms in total. The van der Waals surface area contributed by atoms with Gasteiger partial charge in [-0.1, -0.05) is 28.1 Å². The topological polar surface area (TPSA) is 67.2 Å². The lowest BCUT2D eigenvalue weighted by atomic mass is 10.2. The SMILES string of the molecule is CCOc1ccc(-c2n[nH]c(=S)n2N/N=C/c2cccc(Br)c2)cc1. The largest absolute Gasteiger partial charge is 0.494 e. The molecule has 0 unspecified atom stereocenters. The monoisotopic (exact) mass is 417 g/mol. The van der Waals surface area contributed by atoms with Crippen molar-refractivity contribution in [1.82, 2.24) is 14.9 Å². The molecule has 0 aliphatic heterocycles. The summed E-state index contributed by atoms with van der Waals surface area (Å²) in [5.74, 6) is 1.45. The van der Waals surface area contributed by atoms with Crippen molar-refractivity contribution in [1.29, 1.82) is 0 Å². The van der Waals surface area contributed by atoms with E-state index in [1.807, 2.05) is 55.5 Å². The zero-order valence-corrected chi connectivity index (χ0v) is 15.8. The second-order valence-electron chi connectivity index (χ2n) is 5.06. The predicted molar refractivity (Wildman–Crippen MR) is 105 cm³/mol. The molecule has 8 heteroatoms. The standard InChI is InChI=1S/C17H16BrN5OS/c1-2-24-15-8-6-13(7-9-15)16-20-21-17(25)23(16)22-19-11-12-4-3-5-14(18)10-12/h3-11,22H,2H2,1H3,(H,21,25)/b19-11+. The van der Waals surface area contributed by atoms with Gasteiger partial charge in [0, 0.05) is 10.0 Å². The number of nitrogens with one attached hydrogen (secondary N) is 2. The number of rotatable bonds is 6. The van der Waals surface area contributed by atoms with Crippen LogP contribution in [-0.4, -0.2) is 27.7 Å². The smallest absolute Gasteiger partial charge is 0.216 e. The number of ether oxygens (including phenoxy) is 1. The molecule has 2 N–H and O–H groups in total. The average Bonchev–Trinajstić information content (AvgIpc) is 2.97. The van der Waals surface area contributed by atoms with Crippen LogP contribution in [0.1, 0.15) is 12.5 Å². The van der Waals surface area contributed by atoms with Crippen LogP contribution in [0.15, 0.2) is 58.1 Å². The fourth-order valence-electron chi connectivity index (χ4n) is 2.20. The molecular formula is C17H16BrN5OS. The van der Waals surface area contributed by atoms with Gasteiger partial charge in [0.05, 0.1) is 12.8 Å². The molecule has 1 aromatic heterocycles. The molecule has 0 amide bonds. The third-order valence-electron chi connectivity index (χ3n) is 3.32. The van der Waals surface area contributed by atoms with Gasteiger partial charge in [0.25, 0.3) is 0 Å². The van der Waals surface area contributed by atoms with Gasteiger partial charge in [-0.15, -0.1) is 0 Å². The van der Waals surface area contributed by atoms with Crippen molar-refractivity contribution in [2.75, 3.05) is 12.1 Å². The first-order chi connectivity index (χ1) is 12.2. The first-order valence-corrected chi connectivity index (χ1v) is 8.83. The lowest BCUT2D eigenvalue weighted by Crippen LogP contribution is -2.10. The number of halogens is 1. The molecule has 0 saturated heterocycles. The third-order valence-corrected chi connectivity index (χ3v) is 4.08. The molecule has 0 radical (unpaired) electrons. The average molecular weight is 418 g/mol. The summed E-state index contributed by atoms with van der Waals surface area (Å²) < 4.78 is 8.49. The Morgan fingerprint density at radius 3 is 2.84 bits per heavy atom. The number of nitrogens with zero attached hydrogens (tertiary/aromatic N) is 3. The maximum Gasteiger partial charge on any atom is 0.216 e. The number of hydrogen-bond acceptors (Lipinski definition) is 5. The van der Waals surface area contributed by atoms with Crippen LogP contribution in [0.3, 0.4) is 0 Å². The Morgan fingerprint density at radius 2 is 2.12 bits per heavy atom. The van der Waals surface area contributed by atoms with Crippen LogP contribution < -0.4 is 10.3 Å². The zero-order valence-electron chi connectivity index (χ0n) is 13.4. The number of hydrazone groups is 1. The van der Waals surface area contributed by atoms with Crippen molar-refractivity contribution >= 4 is 34.4 Å². The second-order valence-corrected chi connectivity index (χ2v) is 6.36. The summed E-state index contributed by atoms with van der Waals surface area (Å²) in [6.45, 7) is 2.58. The van der Waals surface area contributed by atoms with Crippen LogP contribution in [-0.2, 0) is 0 Å². The minimum Gasteiger partial charge on any atom is -0.494 e. The predicted octanol–water partition coefficient (Wildman–Crippen LogP) is 4.35. The summed E-state index contributed by atoms with van der Waals surface area (Å²) in [5.41, 5.74) is 4.76. The third kappa shape index (κ3) is 4.34. The fourth-order valence-corrected chi connectivity index (χ4v) is 2.79. The van der Waals surface area contributed by atoms with Crippen LogP contribution in [0.4, 0.5) is 0 Å². The number of aromatic amines is 1. The van der Waals surface area contributed by atoms with Crippen LogP contribution in [0.2, 0.25) is 0 Å². The van der Waals surface area contributed by atoms with E-state index in [-0.39, 0.29) is 0 Å². The van der Waals surface area contributed by atoms with E-state index in [9.17, 15) is 0 Å². The molecule has 0 saturated carbocycles. The molecule has 0 atom stereocenters. The maximum absolute atomic E-state index is 5.46. The van der Waals surface area contributed by atoms with Crippen molar-refractivity contribution in [3.8, 4) is 17.1 Å². The highest BCUT2D eigenvalue weighted by molar-refractivity contribution is 9.10. The molecule has 2 aromatic carbocycles. The molecular weight excluding hydrogens is 402 g/mol. The van der Waals surface area contributed by atoms with E-state index in [2.05, 4.69) is 36.8 Å². The van der Waals surface area contributed by atoms with Gasteiger partial charge in [0.1, 0.15) is 5.75 Å². The van der Waals surface area contributed by atoms with Crippen LogP contribution in [0.25, 0.3) is 11.4 Å². The zero-order chi connectivity index (χ0) is 17.6. The number of hydrogen-bond donors (Lipinski definition) is 2. The Morgan fingerprint density at radius 1 is 1.32 bits per heavy atom. The Kier molecular flexibility index (Phi) is 5.62. The normalized spacial score (nSPS) is 11.0. The van der Waals surface area contributed by atoms with E-state index in [1.165, 1.54) is 0 Å². The van der Waals surface area contributed by atoms with E-state index >= 15 is 0 Å². The minimum absolute atomic E-state index is 0.426. The van der Waals surface area contributed by atoms with E-state index < -0.39 is 0 Å². The van der Waals surface area contributed by atoms with Gasteiger partial charge in [0.15, 0.2) is 5.82 Å². The Labute approximate surface area is 158 Å². The van der Waals surface area contributed by atoms with Crippen molar-refractivity contribution in [3.05, 3.63) is 63.3 Å². The molecule has 1 heterocycles. The van der Waals surface area contributed by atoms with Gasteiger partial charge in [-0.2, -0.15) is 14.9 Å². The molecule has 128 valence electrons. The summed E-state index contributed by atoms with van der Waals surface area (Å²) in [6.07, 6.45) is 1.71. The highest BCUT2D eigenvalue weighted by atomic mass is 79.9. The van der Waals surface area contributed by atoms with Crippen LogP contribution >= 0.6 is 28.1 Å². The van der Waals surface area contributed by atoms with E-state index in [1.54, 1.807) is 10.9 Å². The summed E-state index contributed by atoms with van der Waals surface area (Å²) in [5, 5.41) is 11.3. The molecule has 25 heavy (non-hydrogen) atoms.